The predicted molar refractivity (Wildman–Crippen MR) is 119 cm³/mol. The van der Waals surface area contributed by atoms with Crippen molar-refractivity contribution >= 4 is 28.2 Å². The number of rotatable bonds is 5. The summed E-state index contributed by atoms with van der Waals surface area (Å²) in [4.78, 5) is 30.1. The van der Waals surface area contributed by atoms with Gasteiger partial charge in [-0.25, -0.2) is 4.79 Å². The summed E-state index contributed by atoms with van der Waals surface area (Å²) >= 11 is 1.34. The first-order valence-electron chi connectivity index (χ1n) is 10.2. The van der Waals surface area contributed by atoms with Crippen molar-refractivity contribution in [2.45, 2.75) is 45.1 Å². The number of amides is 1. The van der Waals surface area contributed by atoms with Crippen molar-refractivity contribution in [1.82, 2.24) is 4.98 Å². The molecule has 0 radical (unpaired) electrons. The number of aromatic nitrogens is 1. The van der Waals surface area contributed by atoms with Crippen LogP contribution in [0.4, 0.5) is 5.00 Å². The Kier molecular flexibility index (Phi) is 6.23. The van der Waals surface area contributed by atoms with Gasteiger partial charge in [-0.2, -0.15) is 0 Å². The van der Waals surface area contributed by atoms with Gasteiger partial charge in [-0.3, -0.25) is 9.78 Å². The average Bonchev–Trinajstić information content (AvgIpc) is 3.19. The molecule has 5 nitrogen and oxygen atoms in total. The third-order valence-electron chi connectivity index (χ3n) is 5.43. The van der Waals surface area contributed by atoms with E-state index in [9.17, 15) is 9.59 Å². The maximum Gasteiger partial charge on any atom is 0.342 e. The van der Waals surface area contributed by atoms with Crippen molar-refractivity contribution in [3.8, 4) is 11.1 Å². The number of hydrogen-bond donors (Lipinski definition) is 1. The van der Waals surface area contributed by atoms with Gasteiger partial charge in [0, 0.05) is 28.9 Å². The van der Waals surface area contributed by atoms with Gasteiger partial charge >= 0.3 is 5.97 Å². The highest BCUT2D eigenvalue weighted by Gasteiger charge is 2.26. The van der Waals surface area contributed by atoms with Gasteiger partial charge in [-0.1, -0.05) is 24.6 Å². The lowest BCUT2D eigenvalue weighted by Gasteiger charge is -2.22. The molecule has 2 heterocycles. The van der Waals surface area contributed by atoms with Crippen molar-refractivity contribution in [1.29, 1.82) is 0 Å². The third kappa shape index (κ3) is 4.44. The van der Waals surface area contributed by atoms with Crippen molar-refractivity contribution in [3.05, 3.63) is 70.9 Å². The Balaban J connectivity index is 1.66. The molecule has 154 valence electrons. The summed E-state index contributed by atoms with van der Waals surface area (Å²) in [7, 11) is 0. The van der Waals surface area contributed by atoms with Crippen LogP contribution in [-0.2, 0) is 4.74 Å². The average molecular weight is 421 g/mol. The van der Waals surface area contributed by atoms with Crippen LogP contribution in [0.15, 0.2) is 54.2 Å². The second-order valence-electron chi connectivity index (χ2n) is 7.52. The molecule has 0 atom stereocenters. The van der Waals surface area contributed by atoms with Crippen molar-refractivity contribution < 1.29 is 14.3 Å². The molecule has 1 saturated carbocycles. The smallest absolute Gasteiger partial charge is 0.342 e. The minimum Gasteiger partial charge on any atom is -0.459 e. The minimum absolute atomic E-state index is 0.0589. The first-order valence-corrected chi connectivity index (χ1v) is 11.1. The molecule has 0 bridgehead atoms. The summed E-state index contributed by atoms with van der Waals surface area (Å²) < 4.78 is 5.85. The van der Waals surface area contributed by atoms with Crippen LogP contribution >= 0.6 is 11.3 Å². The number of hydrogen-bond acceptors (Lipinski definition) is 5. The van der Waals surface area contributed by atoms with E-state index in [0.29, 0.717) is 16.1 Å². The minimum atomic E-state index is -0.380. The lowest BCUT2D eigenvalue weighted by atomic mass is 9.97. The molecule has 1 amide bonds. The molecule has 0 spiro atoms. The van der Waals surface area contributed by atoms with Crippen LogP contribution in [0, 0.1) is 6.92 Å². The zero-order chi connectivity index (χ0) is 20.9. The number of carbonyl (C=O) groups is 2. The van der Waals surface area contributed by atoms with Gasteiger partial charge in [0.2, 0.25) is 0 Å². The second-order valence-corrected chi connectivity index (χ2v) is 8.40. The summed E-state index contributed by atoms with van der Waals surface area (Å²) in [6.45, 7) is 1.89. The molecule has 1 N–H and O–H groups in total. The quantitative estimate of drug-likeness (QED) is 0.525. The van der Waals surface area contributed by atoms with E-state index in [0.717, 1.165) is 42.4 Å². The SMILES string of the molecule is Cc1ccccc1C(=O)Nc1scc(-c2ccncc2)c1C(=O)OC1CCCCC1. The number of anilines is 1. The molecule has 4 rings (SSSR count). The molecule has 1 fully saturated rings. The molecular formula is C24H24N2O3S. The van der Waals surface area contributed by atoms with Gasteiger partial charge in [0.25, 0.3) is 5.91 Å². The second kappa shape index (κ2) is 9.22. The van der Waals surface area contributed by atoms with E-state index in [1.54, 1.807) is 18.5 Å². The topological polar surface area (TPSA) is 68.3 Å². The molecule has 3 aromatic rings. The van der Waals surface area contributed by atoms with Crippen LogP contribution in [0.1, 0.15) is 58.4 Å². The van der Waals surface area contributed by atoms with Gasteiger partial charge < -0.3 is 10.1 Å². The van der Waals surface area contributed by atoms with E-state index in [4.69, 9.17) is 4.74 Å². The summed E-state index contributed by atoms with van der Waals surface area (Å²) in [5, 5.41) is 5.34. The number of ether oxygens (including phenoxy) is 1. The molecule has 0 unspecified atom stereocenters. The fraction of sp³-hybridized carbons (Fsp3) is 0.292. The van der Waals surface area contributed by atoms with Crippen LogP contribution in [0.2, 0.25) is 0 Å². The molecule has 1 aliphatic rings. The maximum atomic E-state index is 13.2. The number of nitrogens with one attached hydrogen (secondary N) is 1. The molecule has 0 aliphatic heterocycles. The fourth-order valence-electron chi connectivity index (χ4n) is 3.79. The Labute approximate surface area is 180 Å². The number of esters is 1. The van der Waals surface area contributed by atoms with Crippen LogP contribution < -0.4 is 5.32 Å². The summed E-state index contributed by atoms with van der Waals surface area (Å²) in [5.74, 6) is -0.613. The normalized spacial score (nSPS) is 14.3. The lowest BCUT2D eigenvalue weighted by molar-refractivity contribution is 0.0214. The molecular weight excluding hydrogens is 396 g/mol. The van der Waals surface area contributed by atoms with Gasteiger partial charge in [-0.15, -0.1) is 11.3 Å². The van der Waals surface area contributed by atoms with E-state index in [1.165, 1.54) is 17.8 Å². The number of carbonyl (C=O) groups excluding carboxylic acids is 2. The Morgan fingerprint density at radius 3 is 2.53 bits per heavy atom. The highest BCUT2D eigenvalue weighted by molar-refractivity contribution is 7.15. The van der Waals surface area contributed by atoms with E-state index in [2.05, 4.69) is 10.3 Å². The lowest BCUT2D eigenvalue weighted by Crippen LogP contribution is -2.22. The number of benzene rings is 1. The maximum absolute atomic E-state index is 13.2. The molecule has 30 heavy (non-hydrogen) atoms. The molecule has 1 aromatic carbocycles. The Hall–Kier alpha value is -2.99. The van der Waals surface area contributed by atoms with E-state index in [-0.39, 0.29) is 18.0 Å². The van der Waals surface area contributed by atoms with Gasteiger partial charge in [-0.05, 0) is 61.9 Å². The molecule has 2 aromatic heterocycles. The van der Waals surface area contributed by atoms with Crippen LogP contribution in [-0.4, -0.2) is 23.0 Å². The van der Waals surface area contributed by atoms with E-state index < -0.39 is 0 Å². The first-order chi connectivity index (χ1) is 14.6. The predicted octanol–water partition coefficient (Wildman–Crippen LogP) is 5.86. The monoisotopic (exact) mass is 420 g/mol. The van der Waals surface area contributed by atoms with Crippen LogP contribution in [0.25, 0.3) is 11.1 Å². The highest BCUT2D eigenvalue weighted by Crippen LogP contribution is 2.37. The Morgan fingerprint density at radius 1 is 1.07 bits per heavy atom. The Bertz CT molecular complexity index is 1040. The van der Waals surface area contributed by atoms with Gasteiger partial charge in [0.15, 0.2) is 0 Å². The summed E-state index contributed by atoms with van der Waals surface area (Å²) in [5.41, 5.74) is 3.51. The zero-order valence-corrected chi connectivity index (χ0v) is 17.7. The summed E-state index contributed by atoms with van der Waals surface area (Å²) in [6.07, 6.45) is 8.45. The highest BCUT2D eigenvalue weighted by atomic mass is 32.1. The van der Waals surface area contributed by atoms with Crippen LogP contribution in [0.5, 0.6) is 0 Å². The standard InChI is InChI=1S/C24H24N2O3S/c1-16-7-5-6-10-19(16)22(27)26-23-21(24(28)29-18-8-3-2-4-9-18)20(15-30-23)17-11-13-25-14-12-17/h5-7,10-15,18H,2-4,8-9H2,1H3,(H,26,27). The van der Waals surface area contributed by atoms with Gasteiger partial charge in [0.1, 0.15) is 16.7 Å². The van der Waals surface area contributed by atoms with Gasteiger partial charge in [0.05, 0.1) is 0 Å². The fourth-order valence-corrected chi connectivity index (χ4v) is 4.74. The van der Waals surface area contributed by atoms with Crippen molar-refractivity contribution in [3.63, 3.8) is 0 Å². The molecule has 6 heteroatoms. The Morgan fingerprint density at radius 2 is 1.80 bits per heavy atom. The first kappa shape index (κ1) is 20.3. The van der Waals surface area contributed by atoms with E-state index >= 15 is 0 Å². The molecule has 0 saturated heterocycles. The van der Waals surface area contributed by atoms with Crippen molar-refractivity contribution in [2.24, 2.45) is 0 Å². The van der Waals surface area contributed by atoms with Crippen molar-refractivity contribution in [2.75, 3.05) is 5.32 Å². The third-order valence-corrected chi connectivity index (χ3v) is 6.32. The molecule has 1 aliphatic carbocycles. The number of aryl methyl sites for hydroxylation is 1. The largest absolute Gasteiger partial charge is 0.459 e. The number of thiophene rings is 1. The van der Waals surface area contributed by atoms with Crippen LogP contribution in [0.3, 0.4) is 0 Å². The summed E-state index contributed by atoms with van der Waals surface area (Å²) in [6, 6.07) is 11.1. The zero-order valence-electron chi connectivity index (χ0n) is 16.9. The number of nitrogens with zero attached hydrogens (tertiary/aromatic N) is 1. The van der Waals surface area contributed by atoms with E-state index in [1.807, 2.05) is 42.6 Å². The number of pyridine rings is 1.